The molecule has 0 bridgehead atoms. The van der Waals surface area contributed by atoms with Crippen LogP contribution >= 0.6 is 0 Å². The molecule has 17 heavy (non-hydrogen) atoms. The molecule has 1 heterocycles. The lowest BCUT2D eigenvalue weighted by atomic mass is 9.91. The van der Waals surface area contributed by atoms with E-state index in [1.54, 1.807) is 14.2 Å². The summed E-state index contributed by atoms with van der Waals surface area (Å²) in [7, 11) is 1.21. The first kappa shape index (κ1) is 12.8. The van der Waals surface area contributed by atoms with Crippen LogP contribution in [0.2, 0.25) is 6.04 Å². The fourth-order valence-corrected chi connectivity index (χ4v) is 5.53. The summed E-state index contributed by atoms with van der Waals surface area (Å²) in [5.74, 6) is 0. The Bertz CT molecular complexity index is 358. The lowest BCUT2D eigenvalue weighted by Crippen LogP contribution is -2.58. The van der Waals surface area contributed by atoms with Gasteiger partial charge in [0.15, 0.2) is 0 Å². The van der Waals surface area contributed by atoms with E-state index in [-0.39, 0.29) is 5.41 Å². The van der Waals surface area contributed by atoms with Crippen molar-refractivity contribution >= 4 is 13.7 Å². The summed E-state index contributed by atoms with van der Waals surface area (Å²) in [6.07, 6.45) is 0. The monoisotopic (exact) mass is 252 g/mol. The molecule has 1 aromatic carbocycles. The molecule has 1 aromatic rings. The van der Waals surface area contributed by atoms with Crippen molar-refractivity contribution in [2.75, 3.05) is 27.4 Å². The largest absolute Gasteiger partial charge is 0.394 e. The van der Waals surface area contributed by atoms with Gasteiger partial charge in [-0.15, -0.1) is 0 Å². The standard InChI is InChI=1S/C13H20O3Si/c1-13(9-16-10-13)11-17(14-2,15-3)12-7-5-4-6-8-12/h4-8H,9-11H2,1-3H3. The highest BCUT2D eigenvalue weighted by atomic mass is 28.4. The van der Waals surface area contributed by atoms with Crippen LogP contribution in [-0.4, -0.2) is 36.0 Å². The smallest absolute Gasteiger partial charge is 0.372 e. The van der Waals surface area contributed by atoms with Gasteiger partial charge in [-0.1, -0.05) is 37.3 Å². The number of hydrogen-bond acceptors (Lipinski definition) is 3. The van der Waals surface area contributed by atoms with Gasteiger partial charge in [-0.2, -0.15) is 0 Å². The number of benzene rings is 1. The Labute approximate surface area is 104 Å². The van der Waals surface area contributed by atoms with Gasteiger partial charge in [0.05, 0.1) is 13.2 Å². The van der Waals surface area contributed by atoms with Crippen LogP contribution in [0.3, 0.4) is 0 Å². The van der Waals surface area contributed by atoms with E-state index >= 15 is 0 Å². The van der Waals surface area contributed by atoms with Gasteiger partial charge < -0.3 is 13.6 Å². The Hall–Kier alpha value is -0.683. The Balaban J connectivity index is 2.25. The maximum atomic E-state index is 5.81. The first-order chi connectivity index (χ1) is 8.14. The lowest BCUT2D eigenvalue weighted by Gasteiger charge is -2.43. The minimum atomic E-state index is -2.30. The zero-order valence-corrected chi connectivity index (χ0v) is 11.7. The average molecular weight is 252 g/mol. The van der Waals surface area contributed by atoms with Crippen molar-refractivity contribution in [2.45, 2.75) is 13.0 Å². The molecule has 1 saturated heterocycles. The summed E-state index contributed by atoms with van der Waals surface area (Å²) >= 11 is 0. The van der Waals surface area contributed by atoms with Crippen molar-refractivity contribution in [2.24, 2.45) is 5.41 Å². The number of rotatable bonds is 5. The molecule has 1 fully saturated rings. The highest BCUT2D eigenvalue weighted by Gasteiger charge is 2.48. The fraction of sp³-hybridized carbons (Fsp3) is 0.538. The van der Waals surface area contributed by atoms with Gasteiger partial charge in [-0.05, 0) is 5.19 Å². The molecule has 0 spiro atoms. The normalized spacial score (nSPS) is 18.8. The Kier molecular flexibility index (Phi) is 3.68. The van der Waals surface area contributed by atoms with Crippen molar-refractivity contribution in [3.05, 3.63) is 30.3 Å². The molecule has 0 unspecified atom stereocenters. The maximum Gasteiger partial charge on any atom is 0.372 e. The molecule has 2 rings (SSSR count). The van der Waals surface area contributed by atoms with Crippen LogP contribution in [0.1, 0.15) is 6.92 Å². The van der Waals surface area contributed by atoms with Crippen molar-refractivity contribution in [1.82, 2.24) is 0 Å². The van der Waals surface area contributed by atoms with E-state index in [4.69, 9.17) is 13.6 Å². The summed E-state index contributed by atoms with van der Waals surface area (Å²) in [5, 5.41) is 1.19. The van der Waals surface area contributed by atoms with Crippen molar-refractivity contribution < 1.29 is 13.6 Å². The third-order valence-electron chi connectivity index (χ3n) is 3.43. The number of hydrogen-bond donors (Lipinski definition) is 0. The Morgan fingerprint density at radius 3 is 2.18 bits per heavy atom. The molecule has 0 aromatic heterocycles. The average Bonchev–Trinajstić information content (AvgIpc) is 2.35. The van der Waals surface area contributed by atoms with E-state index < -0.39 is 8.56 Å². The molecule has 1 aliphatic heterocycles. The predicted molar refractivity (Wildman–Crippen MR) is 69.6 cm³/mol. The molecule has 0 aliphatic carbocycles. The van der Waals surface area contributed by atoms with Crippen molar-refractivity contribution in [1.29, 1.82) is 0 Å². The second-order valence-corrected chi connectivity index (χ2v) is 8.26. The topological polar surface area (TPSA) is 27.7 Å². The number of ether oxygens (including phenoxy) is 1. The van der Waals surface area contributed by atoms with E-state index in [0.717, 1.165) is 19.3 Å². The van der Waals surface area contributed by atoms with Crippen molar-refractivity contribution in [3.8, 4) is 0 Å². The van der Waals surface area contributed by atoms with Gasteiger partial charge >= 0.3 is 8.56 Å². The molecule has 1 aliphatic rings. The molecule has 0 saturated carbocycles. The van der Waals surface area contributed by atoms with E-state index in [2.05, 4.69) is 19.1 Å². The van der Waals surface area contributed by atoms with E-state index in [1.165, 1.54) is 5.19 Å². The summed E-state index contributed by atoms with van der Waals surface area (Å²) in [6.45, 7) is 3.85. The summed E-state index contributed by atoms with van der Waals surface area (Å²) < 4.78 is 16.9. The minimum absolute atomic E-state index is 0.202. The van der Waals surface area contributed by atoms with Crippen LogP contribution in [-0.2, 0) is 13.6 Å². The van der Waals surface area contributed by atoms with Crippen LogP contribution in [0, 0.1) is 5.41 Å². The second-order valence-electron chi connectivity index (χ2n) is 5.01. The van der Waals surface area contributed by atoms with Gasteiger partial charge in [-0.3, -0.25) is 0 Å². The second kappa shape index (κ2) is 4.90. The van der Waals surface area contributed by atoms with Gasteiger partial charge in [0.2, 0.25) is 0 Å². The van der Waals surface area contributed by atoms with Crippen LogP contribution in [0.25, 0.3) is 0 Å². The highest BCUT2D eigenvalue weighted by molar-refractivity contribution is 6.81. The van der Waals surface area contributed by atoms with Gasteiger partial charge in [0.1, 0.15) is 0 Å². The molecular formula is C13H20O3Si. The quantitative estimate of drug-likeness (QED) is 0.746. The molecule has 94 valence electrons. The van der Waals surface area contributed by atoms with E-state index in [9.17, 15) is 0 Å². The zero-order chi connectivity index (χ0) is 12.4. The van der Waals surface area contributed by atoms with Crippen molar-refractivity contribution in [3.63, 3.8) is 0 Å². The Morgan fingerprint density at radius 1 is 1.18 bits per heavy atom. The molecule has 0 atom stereocenters. The summed E-state index contributed by atoms with van der Waals surface area (Å²) in [6, 6.07) is 11.2. The lowest BCUT2D eigenvalue weighted by molar-refractivity contribution is -0.0931. The molecule has 4 heteroatoms. The van der Waals surface area contributed by atoms with Crippen LogP contribution < -0.4 is 5.19 Å². The third kappa shape index (κ3) is 2.45. The van der Waals surface area contributed by atoms with Gasteiger partial charge in [-0.25, -0.2) is 0 Å². The Morgan fingerprint density at radius 2 is 1.76 bits per heavy atom. The van der Waals surface area contributed by atoms with Crippen LogP contribution in [0.4, 0.5) is 0 Å². The summed E-state index contributed by atoms with van der Waals surface area (Å²) in [4.78, 5) is 0. The minimum Gasteiger partial charge on any atom is -0.394 e. The third-order valence-corrected chi connectivity index (χ3v) is 7.28. The van der Waals surface area contributed by atoms with Crippen LogP contribution in [0.5, 0.6) is 0 Å². The first-order valence-electron chi connectivity index (χ1n) is 5.88. The highest BCUT2D eigenvalue weighted by Crippen LogP contribution is 2.36. The first-order valence-corrected chi connectivity index (χ1v) is 7.90. The van der Waals surface area contributed by atoms with Crippen LogP contribution in [0.15, 0.2) is 30.3 Å². The summed E-state index contributed by atoms with van der Waals surface area (Å²) in [5.41, 5.74) is 0.202. The molecule has 0 N–H and O–H groups in total. The fourth-order valence-electron chi connectivity index (χ4n) is 2.37. The maximum absolute atomic E-state index is 5.81. The molecule has 0 amide bonds. The molecular weight excluding hydrogens is 232 g/mol. The zero-order valence-electron chi connectivity index (χ0n) is 10.7. The van der Waals surface area contributed by atoms with E-state index in [0.29, 0.717) is 0 Å². The van der Waals surface area contributed by atoms with Gasteiger partial charge in [0, 0.05) is 25.7 Å². The van der Waals surface area contributed by atoms with Gasteiger partial charge in [0.25, 0.3) is 0 Å². The van der Waals surface area contributed by atoms with E-state index in [1.807, 2.05) is 18.2 Å². The SMILES string of the molecule is CO[Si](CC1(C)COC1)(OC)c1ccccc1. The molecule has 3 nitrogen and oxygen atoms in total. The predicted octanol–water partition coefficient (Wildman–Crippen LogP) is 1.67. The molecule has 0 radical (unpaired) electrons.